The molecule has 1 aromatic carbocycles. The van der Waals surface area contributed by atoms with Crippen molar-refractivity contribution >= 4 is 0 Å². The molecule has 0 amide bonds. The minimum Gasteiger partial charge on any atom is -0.287 e. The number of hydrogen-bond acceptors (Lipinski definition) is 2. The molecule has 1 saturated heterocycles. The van der Waals surface area contributed by atoms with Crippen molar-refractivity contribution in [3.63, 3.8) is 0 Å². The first-order valence-electron chi connectivity index (χ1n) is 6.03. The van der Waals surface area contributed by atoms with E-state index < -0.39 is 0 Å². The van der Waals surface area contributed by atoms with Crippen LogP contribution in [0.1, 0.15) is 31.0 Å². The lowest BCUT2D eigenvalue weighted by Gasteiger charge is -2.25. The molecule has 0 bridgehead atoms. The van der Waals surface area contributed by atoms with Gasteiger partial charge in [0, 0.05) is 6.04 Å². The van der Waals surface area contributed by atoms with Crippen LogP contribution in [0.5, 0.6) is 0 Å². The van der Waals surface area contributed by atoms with Crippen LogP contribution in [0.15, 0.2) is 24.3 Å². The molecule has 1 aromatic rings. The summed E-state index contributed by atoms with van der Waals surface area (Å²) in [7, 11) is 4.44. The Kier molecular flexibility index (Phi) is 3.04. The van der Waals surface area contributed by atoms with E-state index in [1.807, 2.05) is 0 Å². The van der Waals surface area contributed by atoms with Crippen LogP contribution >= 0.6 is 0 Å². The normalized spacial score (nSPS) is 32.2. The Labute approximate surface area is 98.9 Å². The first-order chi connectivity index (χ1) is 7.54. The molecule has 1 heterocycles. The van der Waals surface area contributed by atoms with Crippen LogP contribution in [0.25, 0.3) is 0 Å². The second kappa shape index (κ2) is 4.19. The van der Waals surface area contributed by atoms with Gasteiger partial charge >= 0.3 is 0 Å². The van der Waals surface area contributed by atoms with Crippen LogP contribution in [0.4, 0.5) is 0 Å². The van der Waals surface area contributed by atoms with E-state index in [-0.39, 0.29) is 0 Å². The Morgan fingerprint density at radius 2 is 1.62 bits per heavy atom. The van der Waals surface area contributed by atoms with Gasteiger partial charge in [-0.2, -0.15) is 0 Å². The van der Waals surface area contributed by atoms with Crippen LogP contribution < -0.4 is 0 Å². The van der Waals surface area contributed by atoms with Gasteiger partial charge in [0.05, 0.1) is 12.2 Å². The zero-order chi connectivity index (χ0) is 11.9. The van der Waals surface area contributed by atoms with Crippen LogP contribution in [-0.2, 0) is 0 Å². The first-order valence-corrected chi connectivity index (χ1v) is 6.03. The second-order valence-corrected chi connectivity index (χ2v) is 5.00. The molecule has 0 saturated carbocycles. The van der Waals surface area contributed by atoms with E-state index in [1.54, 1.807) is 0 Å². The summed E-state index contributed by atoms with van der Waals surface area (Å²) in [5, 5.41) is 0. The number of hydrogen-bond donors (Lipinski definition) is 0. The summed E-state index contributed by atoms with van der Waals surface area (Å²) in [6.45, 7) is 6.80. The maximum Gasteiger partial charge on any atom is 0.0597 e. The number of nitrogens with zero attached hydrogens (tertiary/aromatic N) is 2. The summed E-state index contributed by atoms with van der Waals surface area (Å²) in [5.41, 5.74) is 2.86. The van der Waals surface area contributed by atoms with Gasteiger partial charge in [0.25, 0.3) is 0 Å². The summed E-state index contributed by atoms with van der Waals surface area (Å²) in [6.07, 6.45) is 0.514. The largest absolute Gasteiger partial charge is 0.287 e. The fourth-order valence-corrected chi connectivity index (χ4v) is 2.82. The maximum absolute atomic E-state index is 2.47. The topological polar surface area (TPSA) is 6.48 Å². The lowest BCUT2D eigenvalue weighted by molar-refractivity contribution is 0.183. The zero-order valence-electron chi connectivity index (χ0n) is 10.9. The van der Waals surface area contributed by atoms with E-state index in [0.717, 1.165) is 0 Å². The van der Waals surface area contributed by atoms with E-state index in [2.05, 4.69) is 68.9 Å². The van der Waals surface area contributed by atoms with Crippen LogP contribution in [0.2, 0.25) is 0 Å². The fourth-order valence-electron chi connectivity index (χ4n) is 2.82. The van der Waals surface area contributed by atoms with Gasteiger partial charge in [-0.25, -0.2) is 0 Å². The molecular formula is C14H22N2. The number of aryl methyl sites for hydroxylation is 1. The van der Waals surface area contributed by atoms with Crippen molar-refractivity contribution in [2.24, 2.45) is 0 Å². The Morgan fingerprint density at radius 1 is 1.00 bits per heavy atom. The third-order valence-electron chi connectivity index (χ3n) is 4.22. The molecule has 0 radical (unpaired) electrons. The third kappa shape index (κ3) is 1.66. The molecule has 1 fully saturated rings. The Balaban J connectivity index is 2.38. The monoisotopic (exact) mass is 218 g/mol. The SMILES string of the molecule is Cc1ccccc1C1C(C)N(C)[C@H](C)N1C. The number of rotatable bonds is 1. The van der Waals surface area contributed by atoms with Gasteiger partial charge in [-0.3, -0.25) is 9.80 Å². The van der Waals surface area contributed by atoms with E-state index in [1.165, 1.54) is 11.1 Å². The molecule has 88 valence electrons. The van der Waals surface area contributed by atoms with Crippen molar-refractivity contribution in [1.29, 1.82) is 0 Å². The Bertz CT molecular complexity index is 361. The smallest absolute Gasteiger partial charge is 0.0597 e. The molecule has 16 heavy (non-hydrogen) atoms. The average molecular weight is 218 g/mol. The van der Waals surface area contributed by atoms with Gasteiger partial charge in [-0.1, -0.05) is 24.3 Å². The van der Waals surface area contributed by atoms with E-state index >= 15 is 0 Å². The third-order valence-corrected chi connectivity index (χ3v) is 4.22. The fraction of sp³-hybridized carbons (Fsp3) is 0.571. The highest BCUT2D eigenvalue weighted by Crippen LogP contribution is 2.36. The van der Waals surface area contributed by atoms with Crippen molar-refractivity contribution in [1.82, 2.24) is 9.80 Å². The highest BCUT2D eigenvalue weighted by molar-refractivity contribution is 5.30. The molecule has 2 nitrogen and oxygen atoms in total. The van der Waals surface area contributed by atoms with Crippen molar-refractivity contribution < 1.29 is 0 Å². The van der Waals surface area contributed by atoms with Crippen LogP contribution in [0.3, 0.4) is 0 Å². The maximum atomic E-state index is 2.47. The van der Waals surface area contributed by atoms with Gasteiger partial charge in [0.1, 0.15) is 0 Å². The van der Waals surface area contributed by atoms with E-state index in [9.17, 15) is 0 Å². The molecule has 3 atom stereocenters. The molecule has 0 N–H and O–H groups in total. The predicted molar refractivity (Wildman–Crippen MR) is 68.4 cm³/mol. The van der Waals surface area contributed by atoms with Crippen molar-refractivity contribution in [3.8, 4) is 0 Å². The zero-order valence-corrected chi connectivity index (χ0v) is 10.9. The molecule has 2 unspecified atom stereocenters. The van der Waals surface area contributed by atoms with E-state index in [4.69, 9.17) is 0 Å². The lowest BCUT2D eigenvalue weighted by Crippen LogP contribution is -2.32. The molecule has 0 aliphatic carbocycles. The molecule has 2 rings (SSSR count). The molecular weight excluding hydrogens is 196 g/mol. The Morgan fingerprint density at radius 3 is 2.12 bits per heavy atom. The van der Waals surface area contributed by atoms with Crippen LogP contribution in [0, 0.1) is 6.92 Å². The standard InChI is InChI=1S/C14H22N2/c1-10-8-6-7-9-13(10)14-11(2)15(4)12(3)16(14)5/h6-9,11-12,14H,1-5H3/t11?,12-,14?/m0/s1. The number of likely N-dealkylation sites (N-methyl/N-ethyl adjacent to an activating group) is 2. The summed E-state index contributed by atoms with van der Waals surface area (Å²) < 4.78 is 0. The second-order valence-electron chi connectivity index (χ2n) is 5.00. The lowest BCUT2D eigenvalue weighted by atomic mass is 9.96. The minimum atomic E-state index is 0.514. The van der Waals surface area contributed by atoms with Gasteiger partial charge in [0.15, 0.2) is 0 Å². The van der Waals surface area contributed by atoms with Gasteiger partial charge < -0.3 is 0 Å². The highest BCUT2D eigenvalue weighted by Gasteiger charge is 2.39. The quantitative estimate of drug-likeness (QED) is 0.715. The van der Waals surface area contributed by atoms with Crippen molar-refractivity contribution in [3.05, 3.63) is 35.4 Å². The summed E-state index contributed by atoms with van der Waals surface area (Å²) in [5.74, 6) is 0. The van der Waals surface area contributed by atoms with Gasteiger partial charge in [0.2, 0.25) is 0 Å². The highest BCUT2D eigenvalue weighted by atomic mass is 15.4. The predicted octanol–water partition coefficient (Wildman–Crippen LogP) is 2.65. The van der Waals surface area contributed by atoms with Crippen molar-refractivity contribution in [2.45, 2.75) is 39.0 Å². The van der Waals surface area contributed by atoms with Gasteiger partial charge in [-0.05, 0) is 46.0 Å². The summed E-state index contributed by atoms with van der Waals surface area (Å²) in [4.78, 5) is 4.91. The molecule has 1 aliphatic heterocycles. The Hall–Kier alpha value is -0.860. The molecule has 0 spiro atoms. The van der Waals surface area contributed by atoms with Crippen LogP contribution in [-0.4, -0.2) is 36.1 Å². The minimum absolute atomic E-state index is 0.514. The summed E-state index contributed by atoms with van der Waals surface area (Å²) in [6, 6.07) is 9.82. The summed E-state index contributed by atoms with van der Waals surface area (Å²) >= 11 is 0. The van der Waals surface area contributed by atoms with E-state index in [0.29, 0.717) is 18.2 Å². The molecule has 0 aromatic heterocycles. The number of benzene rings is 1. The molecule has 2 heteroatoms. The van der Waals surface area contributed by atoms with Gasteiger partial charge in [-0.15, -0.1) is 0 Å². The molecule has 1 aliphatic rings. The van der Waals surface area contributed by atoms with Crippen molar-refractivity contribution in [2.75, 3.05) is 14.1 Å². The average Bonchev–Trinajstić information content (AvgIpc) is 2.45. The first kappa shape index (κ1) is 11.6.